The highest BCUT2D eigenvalue weighted by Crippen LogP contribution is 2.08. The average molecular weight is 226 g/mol. The summed E-state index contributed by atoms with van der Waals surface area (Å²) >= 11 is 1.62. The number of amides is 1. The zero-order chi connectivity index (χ0) is 10.7. The molecule has 82 valence electrons. The highest BCUT2D eigenvalue weighted by molar-refractivity contribution is 7.07. The lowest BCUT2D eigenvalue weighted by molar-refractivity contribution is -0.123. The van der Waals surface area contributed by atoms with Crippen LogP contribution in [0.3, 0.4) is 0 Å². The predicted molar refractivity (Wildman–Crippen MR) is 58.6 cm³/mol. The SMILES string of the molecule is O=C(NCc1ccsc1)[C@H]1C[C@H](O)CN1. The van der Waals surface area contributed by atoms with Crippen LogP contribution in [-0.4, -0.2) is 29.7 Å². The zero-order valence-corrected chi connectivity index (χ0v) is 9.09. The standard InChI is InChI=1S/C10H14N2O2S/c13-8-3-9(11-5-8)10(14)12-4-7-1-2-15-6-7/h1-2,6,8-9,11,13H,3-5H2,(H,12,14)/t8-,9+/m0/s1. The first-order chi connectivity index (χ1) is 7.25. The maximum atomic E-state index is 11.6. The van der Waals surface area contributed by atoms with Gasteiger partial charge in [0.2, 0.25) is 5.91 Å². The molecule has 1 aliphatic rings. The minimum absolute atomic E-state index is 0.0299. The Hall–Kier alpha value is -0.910. The van der Waals surface area contributed by atoms with Crippen LogP contribution in [0.4, 0.5) is 0 Å². The maximum Gasteiger partial charge on any atom is 0.237 e. The second kappa shape index (κ2) is 4.74. The molecule has 1 aromatic heterocycles. The summed E-state index contributed by atoms with van der Waals surface area (Å²) in [6, 6.07) is 1.75. The van der Waals surface area contributed by atoms with Gasteiger partial charge in [-0.05, 0) is 28.8 Å². The third kappa shape index (κ3) is 2.77. The minimum Gasteiger partial charge on any atom is -0.392 e. The number of rotatable bonds is 3. The van der Waals surface area contributed by atoms with Gasteiger partial charge in [0.25, 0.3) is 0 Å². The monoisotopic (exact) mass is 226 g/mol. The van der Waals surface area contributed by atoms with Crippen LogP contribution in [0.1, 0.15) is 12.0 Å². The number of β-amino-alcohol motifs (C(OH)–C–C–N with tert-alkyl or cyclic N) is 1. The molecule has 1 saturated heterocycles. The van der Waals surface area contributed by atoms with Crippen molar-refractivity contribution >= 4 is 17.2 Å². The third-order valence-electron chi connectivity index (χ3n) is 2.47. The van der Waals surface area contributed by atoms with Crippen molar-refractivity contribution in [2.75, 3.05) is 6.54 Å². The molecule has 0 aliphatic carbocycles. The fraction of sp³-hybridized carbons (Fsp3) is 0.500. The number of nitrogens with one attached hydrogen (secondary N) is 2. The van der Waals surface area contributed by atoms with Crippen molar-refractivity contribution < 1.29 is 9.90 Å². The first-order valence-electron chi connectivity index (χ1n) is 4.96. The molecule has 15 heavy (non-hydrogen) atoms. The first kappa shape index (κ1) is 10.6. The second-order valence-electron chi connectivity index (χ2n) is 3.70. The number of hydrogen-bond acceptors (Lipinski definition) is 4. The predicted octanol–water partition coefficient (Wildman–Crippen LogP) is 0.0871. The lowest BCUT2D eigenvalue weighted by Crippen LogP contribution is -2.39. The Bertz CT molecular complexity index is 326. The Balaban J connectivity index is 1.78. The van der Waals surface area contributed by atoms with Crippen molar-refractivity contribution in [3.05, 3.63) is 22.4 Å². The van der Waals surface area contributed by atoms with Crippen molar-refractivity contribution in [2.45, 2.75) is 25.1 Å². The smallest absolute Gasteiger partial charge is 0.237 e. The maximum absolute atomic E-state index is 11.6. The van der Waals surface area contributed by atoms with Gasteiger partial charge in [0, 0.05) is 13.1 Å². The van der Waals surface area contributed by atoms with Crippen molar-refractivity contribution in [3.63, 3.8) is 0 Å². The highest BCUT2D eigenvalue weighted by atomic mass is 32.1. The number of carbonyl (C=O) groups is 1. The van der Waals surface area contributed by atoms with Crippen LogP contribution in [0.25, 0.3) is 0 Å². The molecule has 0 radical (unpaired) electrons. The van der Waals surface area contributed by atoms with Gasteiger partial charge in [0.1, 0.15) is 0 Å². The molecule has 1 amide bonds. The molecule has 2 heterocycles. The summed E-state index contributed by atoms with van der Waals surface area (Å²) in [5.41, 5.74) is 1.12. The molecule has 0 bridgehead atoms. The van der Waals surface area contributed by atoms with Gasteiger partial charge in [-0.3, -0.25) is 4.79 Å². The summed E-state index contributed by atoms with van der Waals surface area (Å²) in [5, 5.41) is 19.1. The Morgan fingerprint density at radius 3 is 3.20 bits per heavy atom. The molecule has 0 spiro atoms. The van der Waals surface area contributed by atoms with E-state index in [0.29, 0.717) is 19.5 Å². The average Bonchev–Trinajstić information content (AvgIpc) is 2.84. The van der Waals surface area contributed by atoms with E-state index in [4.69, 9.17) is 0 Å². The molecular formula is C10H14N2O2S. The highest BCUT2D eigenvalue weighted by Gasteiger charge is 2.27. The Morgan fingerprint density at radius 1 is 1.73 bits per heavy atom. The van der Waals surface area contributed by atoms with Crippen molar-refractivity contribution in [2.24, 2.45) is 0 Å². The van der Waals surface area contributed by atoms with Crippen molar-refractivity contribution in [3.8, 4) is 0 Å². The topological polar surface area (TPSA) is 61.4 Å². The van der Waals surface area contributed by atoms with E-state index in [1.165, 1.54) is 0 Å². The van der Waals surface area contributed by atoms with Crippen LogP contribution in [-0.2, 0) is 11.3 Å². The Labute approximate surface area is 92.3 Å². The molecule has 3 N–H and O–H groups in total. The van der Waals surface area contributed by atoms with Gasteiger partial charge < -0.3 is 15.7 Å². The van der Waals surface area contributed by atoms with Crippen LogP contribution in [0.2, 0.25) is 0 Å². The summed E-state index contributed by atoms with van der Waals surface area (Å²) in [7, 11) is 0. The van der Waals surface area contributed by atoms with E-state index in [9.17, 15) is 9.90 Å². The van der Waals surface area contributed by atoms with E-state index in [0.717, 1.165) is 5.56 Å². The molecule has 0 saturated carbocycles. The van der Waals surface area contributed by atoms with Gasteiger partial charge in [-0.15, -0.1) is 0 Å². The fourth-order valence-electron chi connectivity index (χ4n) is 1.62. The van der Waals surface area contributed by atoms with E-state index >= 15 is 0 Å². The van der Waals surface area contributed by atoms with E-state index in [-0.39, 0.29) is 18.1 Å². The van der Waals surface area contributed by atoms with Crippen molar-refractivity contribution in [1.29, 1.82) is 0 Å². The van der Waals surface area contributed by atoms with Gasteiger partial charge in [-0.2, -0.15) is 11.3 Å². The second-order valence-corrected chi connectivity index (χ2v) is 4.48. The summed E-state index contributed by atoms with van der Waals surface area (Å²) in [4.78, 5) is 11.6. The quantitative estimate of drug-likeness (QED) is 0.684. The van der Waals surface area contributed by atoms with Crippen LogP contribution >= 0.6 is 11.3 Å². The molecule has 1 fully saturated rings. The van der Waals surface area contributed by atoms with E-state index < -0.39 is 0 Å². The minimum atomic E-state index is -0.387. The lowest BCUT2D eigenvalue weighted by atomic mass is 10.2. The number of aliphatic hydroxyl groups is 1. The molecule has 2 atom stereocenters. The lowest BCUT2D eigenvalue weighted by Gasteiger charge is -2.09. The normalized spacial score (nSPS) is 25.4. The van der Waals surface area contributed by atoms with Gasteiger partial charge >= 0.3 is 0 Å². The Morgan fingerprint density at radius 2 is 2.60 bits per heavy atom. The molecule has 0 aromatic carbocycles. The van der Waals surface area contributed by atoms with Crippen molar-refractivity contribution in [1.82, 2.24) is 10.6 Å². The summed E-state index contributed by atoms with van der Waals surface area (Å²) < 4.78 is 0. The molecular weight excluding hydrogens is 212 g/mol. The van der Waals surface area contributed by atoms with E-state index in [1.54, 1.807) is 11.3 Å². The third-order valence-corrected chi connectivity index (χ3v) is 3.20. The molecule has 1 aromatic rings. The van der Waals surface area contributed by atoms with E-state index in [1.807, 2.05) is 16.8 Å². The van der Waals surface area contributed by atoms with Crippen LogP contribution < -0.4 is 10.6 Å². The molecule has 0 unspecified atom stereocenters. The zero-order valence-electron chi connectivity index (χ0n) is 8.27. The first-order valence-corrected chi connectivity index (χ1v) is 5.90. The van der Waals surface area contributed by atoms with E-state index in [2.05, 4.69) is 10.6 Å². The van der Waals surface area contributed by atoms with Gasteiger partial charge in [0.05, 0.1) is 12.1 Å². The van der Waals surface area contributed by atoms with Crippen LogP contribution in [0.15, 0.2) is 16.8 Å². The number of carbonyl (C=O) groups excluding carboxylic acids is 1. The number of hydrogen-bond donors (Lipinski definition) is 3. The molecule has 1 aliphatic heterocycles. The van der Waals surface area contributed by atoms with Gasteiger partial charge in [-0.25, -0.2) is 0 Å². The fourth-order valence-corrected chi connectivity index (χ4v) is 2.29. The number of aliphatic hydroxyl groups excluding tert-OH is 1. The van der Waals surface area contributed by atoms with Gasteiger partial charge in [0.15, 0.2) is 0 Å². The number of thiophene rings is 1. The summed E-state index contributed by atoms with van der Waals surface area (Å²) in [6.45, 7) is 1.08. The van der Waals surface area contributed by atoms with Gasteiger partial charge in [-0.1, -0.05) is 0 Å². The molecule has 5 heteroatoms. The largest absolute Gasteiger partial charge is 0.392 e. The molecule has 4 nitrogen and oxygen atoms in total. The van der Waals surface area contributed by atoms with Crippen LogP contribution in [0.5, 0.6) is 0 Å². The Kier molecular flexibility index (Phi) is 3.35. The summed E-state index contributed by atoms with van der Waals surface area (Å²) in [6.07, 6.45) is 0.122. The molecule has 2 rings (SSSR count). The summed E-state index contributed by atoms with van der Waals surface area (Å²) in [5.74, 6) is -0.0299. The van der Waals surface area contributed by atoms with Crippen LogP contribution in [0, 0.1) is 0 Å².